The lowest BCUT2D eigenvalue weighted by atomic mass is 9.98. The molecular weight excluding hydrogens is 252 g/mol. The maximum Gasteiger partial charge on any atom is 0.203 e. The van der Waals surface area contributed by atoms with E-state index in [1.54, 1.807) is 21.3 Å². The Balaban J connectivity index is 2.38. The Hall–Kier alpha value is -2.16. The molecule has 0 aromatic heterocycles. The standard InChI is InChI=1S/C17H18O3/c1-10-14-12-8-6-5-7-11(12)9-13(14)16(19-3)17(20-4)15(10)18-2/h5-8H,9H2,1-4H3. The molecule has 3 heteroatoms. The fourth-order valence-electron chi connectivity index (χ4n) is 3.15. The summed E-state index contributed by atoms with van der Waals surface area (Å²) in [5.41, 5.74) is 6.09. The van der Waals surface area contributed by atoms with Crippen molar-refractivity contribution in [1.29, 1.82) is 0 Å². The molecule has 1 aliphatic rings. The lowest BCUT2D eigenvalue weighted by Crippen LogP contribution is -2.01. The van der Waals surface area contributed by atoms with Gasteiger partial charge in [0.1, 0.15) is 0 Å². The molecule has 3 rings (SSSR count). The normalized spacial score (nSPS) is 11.8. The van der Waals surface area contributed by atoms with Crippen LogP contribution in [0.5, 0.6) is 17.2 Å². The van der Waals surface area contributed by atoms with Crippen LogP contribution in [-0.4, -0.2) is 21.3 Å². The third kappa shape index (κ3) is 1.59. The molecule has 0 heterocycles. The van der Waals surface area contributed by atoms with E-state index >= 15 is 0 Å². The molecule has 3 nitrogen and oxygen atoms in total. The van der Waals surface area contributed by atoms with Crippen LogP contribution in [0.1, 0.15) is 16.7 Å². The van der Waals surface area contributed by atoms with Crippen molar-refractivity contribution in [2.45, 2.75) is 13.3 Å². The first-order valence-electron chi connectivity index (χ1n) is 6.62. The van der Waals surface area contributed by atoms with Gasteiger partial charge in [-0.2, -0.15) is 0 Å². The van der Waals surface area contributed by atoms with E-state index in [2.05, 4.69) is 31.2 Å². The number of hydrogen-bond acceptors (Lipinski definition) is 3. The number of hydrogen-bond donors (Lipinski definition) is 0. The maximum atomic E-state index is 5.60. The van der Waals surface area contributed by atoms with Crippen molar-refractivity contribution in [1.82, 2.24) is 0 Å². The van der Waals surface area contributed by atoms with Crippen molar-refractivity contribution < 1.29 is 14.2 Å². The number of rotatable bonds is 3. The highest BCUT2D eigenvalue weighted by atomic mass is 16.5. The lowest BCUT2D eigenvalue weighted by molar-refractivity contribution is 0.321. The van der Waals surface area contributed by atoms with E-state index in [1.807, 2.05) is 0 Å². The molecular formula is C17H18O3. The number of benzene rings is 2. The average Bonchev–Trinajstić information content (AvgIpc) is 2.86. The summed E-state index contributed by atoms with van der Waals surface area (Å²) in [5, 5.41) is 0. The molecule has 0 atom stereocenters. The second-order valence-electron chi connectivity index (χ2n) is 4.91. The zero-order chi connectivity index (χ0) is 14.3. The smallest absolute Gasteiger partial charge is 0.203 e. The van der Waals surface area contributed by atoms with Crippen LogP contribution >= 0.6 is 0 Å². The van der Waals surface area contributed by atoms with Gasteiger partial charge >= 0.3 is 0 Å². The molecule has 0 aliphatic heterocycles. The summed E-state index contributed by atoms with van der Waals surface area (Å²) in [6.45, 7) is 2.07. The van der Waals surface area contributed by atoms with Crippen LogP contribution in [0.4, 0.5) is 0 Å². The van der Waals surface area contributed by atoms with Crippen LogP contribution in [0.2, 0.25) is 0 Å². The van der Waals surface area contributed by atoms with Gasteiger partial charge in [-0.25, -0.2) is 0 Å². The molecule has 0 unspecified atom stereocenters. The highest BCUT2D eigenvalue weighted by Crippen LogP contribution is 2.52. The topological polar surface area (TPSA) is 27.7 Å². The molecule has 0 radical (unpaired) electrons. The highest BCUT2D eigenvalue weighted by Gasteiger charge is 2.30. The van der Waals surface area contributed by atoms with Crippen molar-refractivity contribution in [2.75, 3.05) is 21.3 Å². The van der Waals surface area contributed by atoms with Gasteiger partial charge in [-0.3, -0.25) is 0 Å². The quantitative estimate of drug-likeness (QED) is 0.728. The Morgan fingerprint density at radius 2 is 1.50 bits per heavy atom. The Kier molecular flexibility index (Phi) is 3.05. The van der Waals surface area contributed by atoms with Gasteiger partial charge in [0.15, 0.2) is 11.5 Å². The Morgan fingerprint density at radius 1 is 0.850 bits per heavy atom. The van der Waals surface area contributed by atoms with Gasteiger partial charge in [-0.1, -0.05) is 24.3 Å². The second-order valence-corrected chi connectivity index (χ2v) is 4.91. The van der Waals surface area contributed by atoms with Crippen LogP contribution in [0.15, 0.2) is 24.3 Å². The van der Waals surface area contributed by atoms with E-state index in [0.717, 1.165) is 23.5 Å². The van der Waals surface area contributed by atoms with E-state index in [4.69, 9.17) is 14.2 Å². The van der Waals surface area contributed by atoms with Gasteiger partial charge in [0.25, 0.3) is 0 Å². The summed E-state index contributed by atoms with van der Waals surface area (Å²) >= 11 is 0. The van der Waals surface area contributed by atoms with Gasteiger partial charge in [0.05, 0.1) is 21.3 Å². The molecule has 2 aromatic carbocycles. The van der Waals surface area contributed by atoms with E-state index in [-0.39, 0.29) is 0 Å². The van der Waals surface area contributed by atoms with E-state index in [9.17, 15) is 0 Å². The average molecular weight is 270 g/mol. The summed E-state index contributed by atoms with van der Waals surface area (Å²) in [6, 6.07) is 8.45. The zero-order valence-corrected chi connectivity index (χ0v) is 12.2. The second kappa shape index (κ2) is 4.75. The minimum Gasteiger partial charge on any atom is -0.492 e. The van der Waals surface area contributed by atoms with E-state index in [0.29, 0.717) is 5.75 Å². The van der Waals surface area contributed by atoms with Crippen LogP contribution in [-0.2, 0) is 6.42 Å². The van der Waals surface area contributed by atoms with Crippen LogP contribution in [0.25, 0.3) is 11.1 Å². The summed E-state index contributed by atoms with van der Waals surface area (Å²) in [5.74, 6) is 2.21. The van der Waals surface area contributed by atoms with Crippen molar-refractivity contribution in [2.24, 2.45) is 0 Å². The van der Waals surface area contributed by atoms with Crippen molar-refractivity contribution >= 4 is 0 Å². The summed E-state index contributed by atoms with van der Waals surface area (Å²) < 4.78 is 16.7. The molecule has 104 valence electrons. The molecule has 20 heavy (non-hydrogen) atoms. The van der Waals surface area contributed by atoms with Crippen LogP contribution in [0.3, 0.4) is 0 Å². The van der Waals surface area contributed by atoms with E-state index in [1.165, 1.54) is 22.3 Å². The van der Waals surface area contributed by atoms with Crippen molar-refractivity contribution in [3.63, 3.8) is 0 Å². The molecule has 0 saturated carbocycles. The van der Waals surface area contributed by atoms with Crippen molar-refractivity contribution in [3.05, 3.63) is 41.0 Å². The fraction of sp³-hybridized carbons (Fsp3) is 0.294. The first-order valence-corrected chi connectivity index (χ1v) is 6.62. The number of fused-ring (bicyclic) bond motifs is 3. The van der Waals surface area contributed by atoms with Crippen LogP contribution in [0, 0.1) is 6.92 Å². The Labute approximate surface area is 119 Å². The van der Waals surface area contributed by atoms with Gasteiger partial charge in [0.2, 0.25) is 5.75 Å². The monoisotopic (exact) mass is 270 g/mol. The lowest BCUT2D eigenvalue weighted by Gasteiger charge is -2.19. The summed E-state index contributed by atoms with van der Waals surface area (Å²) in [4.78, 5) is 0. The first kappa shape index (κ1) is 12.9. The van der Waals surface area contributed by atoms with Crippen molar-refractivity contribution in [3.8, 4) is 28.4 Å². The SMILES string of the molecule is COc1c(C)c2c(c(OC)c1OC)Cc1ccccc1-2. The number of ether oxygens (including phenoxy) is 3. The Bertz CT molecular complexity index is 674. The predicted molar refractivity (Wildman–Crippen MR) is 79.1 cm³/mol. The molecule has 0 amide bonds. The van der Waals surface area contributed by atoms with Crippen LogP contribution < -0.4 is 14.2 Å². The summed E-state index contributed by atoms with van der Waals surface area (Å²) in [6.07, 6.45) is 0.871. The Morgan fingerprint density at radius 3 is 2.15 bits per heavy atom. The van der Waals surface area contributed by atoms with Gasteiger partial charge in [-0.15, -0.1) is 0 Å². The maximum absolute atomic E-state index is 5.60. The molecule has 2 aromatic rings. The van der Waals surface area contributed by atoms with E-state index < -0.39 is 0 Å². The molecule has 0 saturated heterocycles. The largest absolute Gasteiger partial charge is 0.492 e. The highest BCUT2D eigenvalue weighted by molar-refractivity contribution is 5.86. The third-order valence-electron chi connectivity index (χ3n) is 3.97. The third-order valence-corrected chi connectivity index (χ3v) is 3.97. The molecule has 0 spiro atoms. The molecule has 0 N–H and O–H groups in total. The first-order chi connectivity index (χ1) is 9.72. The number of methoxy groups -OCH3 is 3. The van der Waals surface area contributed by atoms with Gasteiger partial charge in [-0.05, 0) is 23.6 Å². The molecule has 1 aliphatic carbocycles. The zero-order valence-electron chi connectivity index (χ0n) is 12.2. The minimum atomic E-state index is 0.680. The van der Waals surface area contributed by atoms with Gasteiger partial charge < -0.3 is 14.2 Å². The fourth-order valence-corrected chi connectivity index (χ4v) is 3.15. The molecule has 0 fully saturated rings. The minimum absolute atomic E-state index is 0.680. The predicted octanol–water partition coefficient (Wildman–Crippen LogP) is 3.59. The molecule has 0 bridgehead atoms. The van der Waals surface area contributed by atoms with Gasteiger partial charge in [0, 0.05) is 17.5 Å². The summed E-state index contributed by atoms with van der Waals surface area (Å²) in [7, 11) is 4.99.